The molecule has 2 aliphatic rings. The molecular weight excluding hydrogens is 331 g/mol. The summed E-state index contributed by atoms with van der Waals surface area (Å²) in [6.07, 6.45) is -0.959. The monoisotopic (exact) mass is 355 g/mol. The fourth-order valence-corrected chi connectivity index (χ4v) is 3.80. The number of rotatable bonds is 4. The first-order valence-corrected chi connectivity index (χ1v) is 8.76. The SMILES string of the molecule is O=C(NCCc1cccc(C(F)(F)F)c1)C1CC2(CCNCC2)CN1. The molecule has 1 atom stereocenters. The Hall–Kier alpha value is -1.60. The average molecular weight is 355 g/mol. The number of carbonyl (C=O) groups is 1. The van der Waals surface area contributed by atoms with E-state index in [1.54, 1.807) is 6.07 Å². The Bertz CT molecular complexity index is 612. The van der Waals surface area contributed by atoms with Crippen molar-refractivity contribution < 1.29 is 18.0 Å². The van der Waals surface area contributed by atoms with E-state index in [0.717, 1.165) is 51.0 Å². The van der Waals surface area contributed by atoms with E-state index >= 15 is 0 Å². The average Bonchev–Trinajstić information content (AvgIpc) is 2.98. The number of benzene rings is 1. The number of piperidine rings is 1. The van der Waals surface area contributed by atoms with E-state index in [1.807, 2.05) is 0 Å². The van der Waals surface area contributed by atoms with Gasteiger partial charge >= 0.3 is 6.18 Å². The van der Waals surface area contributed by atoms with Crippen LogP contribution in [0.5, 0.6) is 0 Å². The predicted molar refractivity (Wildman–Crippen MR) is 89.1 cm³/mol. The summed E-state index contributed by atoms with van der Waals surface area (Å²) in [4.78, 5) is 12.3. The molecule has 3 rings (SSSR count). The minimum Gasteiger partial charge on any atom is -0.354 e. The predicted octanol–water partition coefficient (Wildman–Crippen LogP) is 2.10. The van der Waals surface area contributed by atoms with Crippen molar-refractivity contribution in [3.8, 4) is 0 Å². The van der Waals surface area contributed by atoms with Gasteiger partial charge in [0.05, 0.1) is 11.6 Å². The Morgan fingerprint density at radius 3 is 2.76 bits per heavy atom. The van der Waals surface area contributed by atoms with Crippen LogP contribution in [0.1, 0.15) is 30.4 Å². The number of hydrogen-bond donors (Lipinski definition) is 3. The Morgan fingerprint density at radius 2 is 2.04 bits per heavy atom. The standard InChI is InChI=1S/C18H24F3N3O/c19-18(20,21)14-3-1-2-13(10-14)4-7-23-16(25)15-11-17(12-24-15)5-8-22-9-6-17/h1-3,10,15,22,24H,4-9,11-12H2,(H,23,25). The molecule has 0 bridgehead atoms. The van der Waals surface area contributed by atoms with Crippen LogP contribution >= 0.6 is 0 Å². The molecule has 1 unspecified atom stereocenters. The van der Waals surface area contributed by atoms with Crippen molar-refractivity contribution in [2.45, 2.75) is 37.9 Å². The van der Waals surface area contributed by atoms with E-state index in [0.29, 0.717) is 18.5 Å². The van der Waals surface area contributed by atoms with Gasteiger partial charge in [0.1, 0.15) is 0 Å². The van der Waals surface area contributed by atoms with Crippen molar-refractivity contribution in [1.29, 1.82) is 0 Å². The molecule has 0 aromatic heterocycles. The van der Waals surface area contributed by atoms with Gasteiger partial charge < -0.3 is 16.0 Å². The molecule has 7 heteroatoms. The van der Waals surface area contributed by atoms with E-state index in [2.05, 4.69) is 16.0 Å². The van der Waals surface area contributed by atoms with E-state index in [-0.39, 0.29) is 17.4 Å². The van der Waals surface area contributed by atoms with E-state index < -0.39 is 11.7 Å². The molecule has 3 N–H and O–H groups in total. The van der Waals surface area contributed by atoms with Crippen molar-refractivity contribution in [1.82, 2.24) is 16.0 Å². The highest BCUT2D eigenvalue weighted by molar-refractivity contribution is 5.82. The van der Waals surface area contributed by atoms with Gasteiger partial charge in [0, 0.05) is 13.1 Å². The van der Waals surface area contributed by atoms with Crippen LogP contribution in [0.2, 0.25) is 0 Å². The summed E-state index contributed by atoms with van der Waals surface area (Å²) in [7, 11) is 0. The van der Waals surface area contributed by atoms with Gasteiger partial charge in [-0.1, -0.05) is 18.2 Å². The summed E-state index contributed by atoms with van der Waals surface area (Å²) < 4.78 is 38.1. The Morgan fingerprint density at radius 1 is 1.28 bits per heavy atom. The highest BCUT2D eigenvalue weighted by Gasteiger charge is 2.41. The quantitative estimate of drug-likeness (QED) is 0.775. The first-order valence-electron chi connectivity index (χ1n) is 8.76. The lowest BCUT2D eigenvalue weighted by Gasteiger charge is -2.33. The summed E-state index contributed by atoms with van der Waals surface area (Å²) >= 11 is 0. The maximum absolute atomic E-state index is 12.7. The minimum atomic E-state index is -4.34. The smallest absolute Gasteiger partial charge is 0.354 e. The summed E-state index contributed by atoms with van der Waals surface area (Å²) in [5, 5.41) is 9.50. The minimum absolute atomic E-state index is 0.0533. The zero-order chi connectivity index (χ0) is 17.9. The van der Waals surface area contributed by atoms with Crippen molar-refractivity contribution >= 4 is 5.91 Å². The number of alkyl halides is 3. The molecule has 138 valence electrons. The lowest BCUT2D eigenvalue weighted by molar-refractivity contribution is -0.137. The zero-order valence-electron chi connectivity index (χ0n) is 14.1. The molecule has 25 heavy (non-hydrogen) atoms. The lowest BCUT2D eigenvalue weighted by atomic mass is 9.77. The fraction of sp³-hybridized carbons (Fsp3) is 0.611. The molecule has 2 aliphatic heterocycles. The Balaban J connectivity index is 1.47. The number of halogens is 3. The van der Waals surface area contributed by atoms with Gasteiger partial charge in [-0.2, -0.15) is 13.2 Å². The molecular formula is C18H24F3N3O. The van der Waals surface area contributed by atoms with Gasteiger partial charge in [0.25, 0.3) is 0 Å². The summed E-state index contributed by atoms with van der Waals surface area (Å²) in [5.74, 6) is -0.0533. The number of carbonyl (C=O) groups excluding carboxylic acids is 1. The topological polar surface area (TPSA) is 53.2 Å². The highest BCUT2D eigenvalue weighted by Crippen LogP contribution is 2.37. The maximum Gasteiger partial charge on any atom is 0.416 e. The second-order valence-electron chi connectivity index (χ2n) is 7.13. The van der Waals surface area contributed by atoms with E-state index in [4.69, 9.17) is 0 Å². The fourth-order valence-electron chi connectivity index (χ4n) is 3.80. The van der Waals surface area contributed by atoms with Crippen LogP contribution in [0, 0.1) is 5.41 Å². The van der Waals surface area contributed by atoms with Gasteiger partial charge in [-0.3, -0.25) is 4.79 Å². The van der Waals surface area contributed by atoms with Gasteiger partial charge in [-0.25, -0.2) is 0 Å². The number of hydrogen-bond acceptors (Lipinski definition) is 3. The Kier molecular flexibility index (Phi) is 5.34. The summed E-state index contributed by atoms with van der Waals surface area (Å²) in [5.41, 5.74) is 0.139. The van der Waals surface area contributed by atoms with Gasteiger partial charge in [0.15, 0.2) is 0 Å². The number of nitrogens with one attached hydrogen (secondary N) is 3. The highest BCUT2D eigenvalue weighted by atomic mass is 19.4. The molecule has 0 radical (unpaired) electrons. The van der Waals surface area contributed by atoms with Crippen molar-refractivity contribution in [3.63, 3.8) is 0 Å². The zero-order valence-corrected chi connectivity index (χ0v) is 14.1. The van der Waals surface area contributed by atoms with Crippen LogP contribution in [-0.4, -0.2) is 38.1 Å². The molecule has 0 saturated carbocycles. The van der Waals surface area contributed by atoms with E-state index in [1.165, 1.54) is 6.07 Å². The van der Waals surface area contributed by atoms with Crippen molar-refractivity contribution in [2.75, 3.05) is 26.2 Å². The first kappa shape index (κ1) is 18.2. The van der Waals surface area contributed by atoms with Crippen molar-refractivity contribution in [3.05, 3.63) is 35.4 Å². The summed E-state index contributed by atoms with van der Waals surface area (Å²) in [6, 6.07) is 5.06. The van der Waals surface area contributed by atoms with Gasteiger partial charge in [0.2, 0.25) is 5.91 Å². The molecule has 0 aliphatic carbocycles. The van der Waals surface area contributed by atoms with Crippen LogP contribution in [0.4, 0.5) is 13.2 Å². The molecule has 2 saturated heterocycles. The molecule has 1 aromatic rings. The molecule has 1 amide bonds. The van der Waals surface area contributed by atoms with Crippen LogP contribution in [0.3, 0.4) is 0 Å². The second-order valence-corrected chi connectivity index (χ2v) is 7.13. The third kappa shape index (κ3) is 4.52. The van der Waals surface area contributed by atoms with Gasteiger partial charge in [-0.05, 0) is 55.8 Å². The maximum atomic E-state index is 12.7. The molecule has 1 spiro atoms. The molecule has 2 heterocycles. The van der Waals surface area contributed by atoms with Crippen molar-refractivity contribution in [2.24, 2.45) is 5.41 Å². The van der Waals surface area contributed by atoms with Crippen LogP contribution in [0.15, 0.2) is 24.3 Å². The molecule has 1 aromatic carbocycles. The molecule has 4 nitrogen and oxygen atoms in total. The van der Waals surface area contributed by atoms with Crippen LogP contribution in [0.25, 0.3) is 0 Å². The van der Waals surface area contributed by atoms with Crippen LogP contribution < -0.4 is 16.0 Å². The Labute approximate surface area is 145 Å². The lowest BCUT2D eigenvalue weighted by Crippen LogP contribution is -2.41. The second kappa shape index (κ2) is 7.33. The summed E-state index contributed by atoms with van der Waals surface area (Å²) in [6.45, 7) is 3.18. The third-order valence-electron chi connectivity index (χ3n) is 5.31. The third-order valence-corrected chi connectivity index (χ3v) is 5.31. The van der Waals surface area contributed by atoms with E-state index in [9.17, 15) is 18.0 Å². The largest absolute Gasteiger partial charge is 0.416 e. The molecule has 2 fully saturated rings. The normalized spacial score (nSPS) is 22.9. The first-order chi connectivity index (χ1) is 11.9. The van der Waals surface area contributed by atoms with Gasteiger partial charge in [-0.15, -0.1) is 0 Å². The number of amides is 1. The van der Waals surface area contributed by atoms with Crippen LogP contribution in [-0.2, 0) is 17.4 Å².